The first-order chi connectivity index (χ1) is 9.26. The second-order valence-electron chi connectivity index (χ2n) is 4.55. The fraction of sp³-hybridized carbons (Fsp3) is 0.923. The molecule has 0 aromatic carbocycles. The van der Waals surface area contributed by atoms with Crippen molar-refractivity contribution in [2.24, 2.45) is 4.99 Å². The van der Waals surface area contributed by atoms with Gasteiger partial charge in [-0.25, -0.2) is 0 Å². The molecule has 5 nitrogen and oxygen atoms in total. The number of rotatable bonds is 7. The van der Waals surface area contributed by atoms with Crippen LogP contribution >= 0.6 is 35.7 Å². The van der Waals surface area contributed by atoms with Gasteiger partial charge in [-0.1, -0.05) is 0 Å². The highest BCUT2D eigenvalue weighted by Crippen LogP contribution is 2.32. The van der Waals surface area contributed by atoms with E-state index in [2.05, 4.69) is 21.9 Å². The third-order valence-electron chi connectivity index (χ3n) is 3.38. The van der Waals surface area contributed by atoms with E-state index < -0.39 is 0 Å². The molecule has 1 aliphatic heterocycles. The van der Waals surface area contributed by atoms with Gasteiger partial charge in [0, 0.05) is 44.7 Å². The van der Waals surface area contributed by atoms with Crippen LogP contribution in [0.4, 0.5) is 0 Å². The van der Waals surface area contributed by atoms with Gasteiger partial charge in [-0.15, -0.1) is 24.0 Å². The molecular formula is C13H28IN3O2S. The van der Waals surface area contributed by atoms with Crippen molar-refractivity contribution < 1.29 is 9.47 Å². The van der Waals surface area contributed by atoms with Crippen LogP contribution in [0.25, 0.3) is 0 Å². The maximum atomic E-state index is 5.45. The number of nitrogens with one attached hydrogen (secondary N) is 2. The van der Waals surface area contributed by atoms with Crippen LogP contribution in [0.15, 0.2) is 4.99 Å². The van der Waals surface area contributed by atoms with Gasteiger partial charge in [0.1, 0.15) is 0 Å². The minimum atomic E-state index is 0. The fourth-order valence-corrected chi connectivity index (χ4v) is 2.84. The number of halogens is 1. The molecule has 7 heteroatoms. The molecule has 1 aliphatic rings. The summed E-state index contributed by atoms with van der Waals surface area (Å²) in [6, 6.07) is 0. The molecule has 0 aliphatic carbocycles. The maximum Gasteiger partial charge on any atom is 0.191 e. The van der Waals surface area contributed by atoms with Crippen molar-refractivity contribution in [1.82, 2.24) is 10.6 Å². The van der Waals surface area contributed by atoms with Gasteiger partial charge >= 0.3 is 0 Å². The molecule has 0 bridgehead atoms. The summed E-state index contributed by atoms with van der Waals surface area (Å²) in [5.74, 6) is 0.847. The van der Waals surface area contributed by atoms with E-state index >= 15 is 0 Å². The lowest BCUT2D eigenvalue weighted by Gasteiger charge is -2.36. The van der Waals surface area contributed by atoms with E-state index in [4.69, 9.17) is 9.47 Å². The predicted octanol–water partition coefficient (Wildman–Crippen LogP) is 1.72. The topological polar surface area (TPSA) is 54.9 Å². The second kappa shape index (κ2) is 11.9. The Kier molecular flexibility index (Phi) is 12.0. The third-order valence-corrected chi connectivity index (χ3v) is 4.80. The summed E-state index contributed by atoms with van der Waals surface area (Å²) in [6.45, 7) is 6.88. The van der Waals surface area contributed by atoms with Crippen LogP contribution < -0.4 is 10.6 Å². The Bertz CT molecular complexity index is 274. The Morgan fingerprint density at radius 2 is 2.05 bits per heavy atom. The van der Waals surface area contributed by atoms with Crippen LogP contribution in [-0.4, -0.2) is 63.5 Å². The molecule has 0 radical (unpaired) electrons. The Balaban J connectivity index is 0.00000361. The second-order valence-corrected chi connectivity index (χ2v) is 5.82. The Labute approximate surface area is 144 Å². The average Bonchev–Trinajstić information content (AvgIpc) is 2.47. The van der Waals surface area contributed by atoms with E-state index in [1.807, 2.05) is 18.7 Å². The first kappa shape index (κ1) is 20.3. The number of nitrogens with zero attached hydrogens (tertiary/aromatic N) is 1. The van der Waals surface area contributed by atoms with E-state index in [0.717, 1.165) is 51.7 Å². The van der Waals surface area contributed by atoms with Crippen LogP contribution in [0.5, 0.6) is 0 Å². The van der Waals surface area contributed by atoms with Crippen LogP contribution in [0.2, 0.25) is 0 Å². The van der Waals surface area contributed by atoms with Gasteiger partial charge < -0.3 is 20.1 Å². The first-order valence-electron chi connectivity index (χ1n) is 6.91. The van der Waals surface area contributed by atoms with Gasteiger partial charge in [0.2, 0.25) is 0 Å². The van der Waals surface area contributed by atoms with Crippen molar-refractivity contribution in [2.45, 2.75) is 24.5 Å². The van der Waals surface area contributed by atoms with Crippen molar-refractivity contribution in [1.29, 1.82) is 0 Å². The van der Waals surface area contributed by atoms with Gasteiger partial charge in [0.25, 0.3) is 0 Å². The van der Waals surface area contributed by atoms with Crippen molar-refractivity contribution in [3.8, 4) is 0 Å². The summed E-state index contributed by atoms with van der Waals surface area (Å²) in [5.41, 5.74) is 0. The highest BCUT2D eigenvalue weighted by molar-refractivity contribution is 14.0. The molecule has 1 heterocycles. The lowest BCUT2D eigenvalue weighted by atomic mass is 9.99. The van der Waals surface area contributed by atoms with Crippen molar-refractivity contribution in [3.63, 3.8) is 0 Å². The van der Waals surface area contributed by atoms with Crippen molar-refractivity contribution in [3.05, 3.63) is 0 Å². The zero-order valence-electron chi connectivity index (χ0n) is 12.7. The Morgan fingerprint density at radius 3 is 2.60 bits per heavy atom. The molecule has 0 atom stereocenters. The minimum absolute atomic E-state index is 0. The quantitative estimate of drug-likeness (QED) is 0.286. The summed E-state index contributed by atoms with van der Waals surface area (Å²) in [6.07, 6.45) is 4.37. The zero-order valence-corrected chi connectivity index (χ0v) is 15.9. The lowest BCUT2D eigenvalue weighted by Crippen LogP contribution is -2.48. The van der Waals surface area contributed by atoms with Gasteiger partial charge in [0.15, 0.2) is 5.96 Å². The zero-order chi connectivity index (χ0) is 14.0. The van der Waals surface area contributed by atoms with Crippen LogP contribution in [0.1, 0.15) is 19.8 Å². The molecule has 0 aromatic heterocycles. The van der Waals surface area contributed by atoms with Gasteiger partial charge in [0.05, 0.1) is 6.61 Å². The lowest BCUT2D eigenvalue weighted by molar-refractivity contribution is 0.0782. The molecule has 20 heavy (non-hydrogen) atoms. The molecule has 0 aromatic rings. The summed E-state index contributed by atoms with van der Waals surface area (Å²) in [4.78, 5) is 4.23. The first-order valence-corrected chi connectivity index (χ1v) is 8.14. The van der Waals surface area contributed by atoms with Crippen LogP contribution in [0.3, 0.4) is 0 Å². The fourth-order valence-electron chi connectivity index (χ4n) is 2.05. The molecule has 2 N–H and O–H groups in total. The molecule has 0 saturated carbocycles. The van der Waals surface area contributed by atoms with E-state index in [1.165, 1.54) is 0 Å². The van der Waals surface area contributed by atoms with Gasteiger partial charge in [-0.2, -0.15) is 11.8 Å². The monoisotopic (exact) mass is 417 g/mol. The smallest absolute Gasteiger partial charge is 0.191 e. The largest absolute Gasteiger partial charge is 0.381 e. The number of thioether (sulfide) groups is 1. The molecular weight excluding hydrogens is 389 g/mol. The molecule has 1 fully saturated rings. The Morgan fingerprint density at radius 1 is 1.35 bits per heavy atom. The summed E-state index contributed by atoms with van der Waals surface area (Å²) in [7, 11) is 1.80. The number of aliphatic imine (C=N–C) groups is 1. The average molecular weight is 417 g/mol. The highest BCUT2D eigenvalue weighted by atomic mass is 127. The van der Waals surface area contributed by atoms with Crippen molar-refractivity contribution in [2.75, 3.05) is 52.8 Å². The summed E-state index contributed by atoms with van der Waals surface area (Å²) in [5, 5.41) is 6.67. The molecule has 0 spiro atoms. The van der Waals surface area contributed by atoms with Gasteiger partial charge in [-0.05, 0) is 26.0 Å². The Hall–Kier alpha value is 0.270. The standard InChI is InChI=1S/C13H27N3O2S.HI/c1-4-17-10-7-15-12(14-2)16-11-13(19-3)5-8-18-9-6-13;/h4-11H2,1-3H3,(H2,14,15,16);1H. The third kappa shape index (κ3) is 7.33. The van der Waals surface area contributed by atoms with Gasteiger partial charge in [-0.3, -0.25) is 4.99 Å². The number of ether oxygens (including phenoxy) is 2. The number of hydrogen-bond acceptors (Lipinski definition) is 4. The van der Waals surface area contributed by atoms with E-state index in [0.29, 0.717) is 6.61 Å². The van der Waals surface area contributed by atoms with E-state index in [1.54, 1.807) is 7.05 Å². The summed E-state index contributed by atoms with van der Waals surface area (Å²) >= 11 is 1.93. The number of hydrogen-bond donors (Lipinski definition) is 2. The van der Waals surface area contributed by atoms with E-state index in [9.17, 15) is 0 Å². The van der Waals surface area contributed by atoms with Crippen LogP contribution in [0, 0.1) is 0 Å². The molecule has 120 valence electrons. The highest BCUT2D eigenvalue weighted by Gasteiger charge is 2.31. The summed E-state index contributed by atoms with van der Waals surface area (Å²) < 4.78 is 11.0. The van der Waals surface area contributed by atoms with E-state index in [-0.39, 0.29) is 28.7 Å². The van der Waals surface area contributed by atoms with Crippen LogP contribution in [-0.2, 0) is 9.47 Å². The molecule has 0 unspecified atom stereocenters. The molecule has 0 amide bonds. The number of guanidine groups is 1. The minimum Gasteiger partial charge on any atom is -0.381 e. The molecule has 1 saturated heterocycles. The molecule has 1 rings (SSSR count). The SMILES string of the molecule is CCOCCNC(=NC)NCC1(SC)CCOCC1.I. The maximum absolute atomic E-state index is 5.45. The predicted molar refractivity (Wildman–Crippen MR) is 97.6 cm³/mol. The normalized spacial score (nSPS) is 18.2. The van der Waals surface area contributed by atoms with Crippen molar-refractivity contribution >= 4 is 41.7 Å².